The Hall–Kier alpha value is -0.120. The van der Waals surface area contributed by atoms with Gasteiger partial charge in [0.05, 0.1) is 13.2 Å². The Labute approximate surface area is 95.1 Å². The third-order valence-corrected chi connectivity index (χ3v) is 2.14. The van der Waals surface area contributed by atoms with Crippen LogP contribution in [0.3, 0.4) is 0 Å². The normalized spacial score (nSPS) is 10.0. The molecule has 0 N–H and O–H groups in total. The zero-order valence-corrected chi connectivity index (χ0v) is 10.3. The van der Waals surface area contributed by atoms with Crippen molar-refractivity contribution in [1.29, 1.82) is 0 Å². The second-order valence-electron chi connectivity index (χ2n) is 2.64. The molecule has 0 fully saturated rings. The van der Waals surface area contributed by atoms with Gasteiger partial charge in [-0.05, 0) is 17.7 Å². The molecule has 70 valence electrons. The van der Waals surface area contributed by atoms with Crippen LogP contribution in [-0.2, 0) is 11.3 Å². The molecule has 3 heteroatoms. The molecule has 0 atom stereocenters. The van der Waals surface area contributed by atoms with E-state index in [4.69, 9.17) is 4.74 Å². The molecular formula is C10H10Br2O. The zero-order chi connectivity index (χ0) is 9.68. The fraction of sp³-hybridized carbons (Fsp3) is 0.200. The van der Waals surface area contributed by atoms with Crippen molar-refractivity contribution < 1.29 is 4.74 Å². The van der Waals surface area contributed by atoms with Gasteiger partial charge in [0.2, 0.25) is 0 Å². The fourth-order valence-corrected chi connectivity index (χ4v) is 1.51. The number of ether oxygens (including phenoxy) is 1. The van der Waals surface area contributed by atoms with Gasteiger partial charge in [-0.2, -0.15) is 0 Å². The fourth-order valence-electron chi connectivity index (χ4n) is 0.906. The summed E-state index contributed by atoms with van der Waals surface area (Å²) >= 11 is 6.63. The Bertz CT molecular complexity index is 297. The van der Waals surface area contributed by atoms with Gasteiger partial charge in [-0.25, -0.2) is 0 Å². The highest BCUT2D eigenvalue weighted by molar-refractivity contribution is 9.11. The molecule has 0 aliphatic rings. The first-order valence-electron chi connectivity index (χ1n) is 3.84. The average Bonchev–Trinajstić information content (AvgIpc) is 2.03. The van der Waals surface area contributed by atoms with Gasteiger partial charge in [-0.1, -0.05) is 50.6 Å². The predicted molar refractivity (Wildman–Crippen MR) is 61.9 cm³/mol. The Morgan fingerprint density at radius 1 is 1.46 bits per heavy atom. The van der Waals surface area contributed by atoms with Crippen molar-refractivity contribution in [3.63, 3.8) is 0 Å². The van der Waals surface area contributed by atoms with Crippen molar-refractivity contribution in [2.24, 2.45) is 0 Å². The van der Waals surface area contributed by atoms with Gasteiger partial charge in [0.15, 0.2) is 0 Å². The molecule has 0 amide bonds. The highest BCUT2D eigenvalue weighted by atomic mass is 79.9. The maximum absolute atomic E-state index is 5.37. The van der Waals surface area contributed by atoms with Crippen LogP contribution in [0.5, 0.6) is 0 Å². The van der Waals surface area contributed by atoms with E-state index in [1.807, 2.05) is 24.3 Å². The highest BCUT2D eigenvalue weighted by Crippen LogP contribution is 2.12. The Balaban J connectivity index is 2.41. The number of hydrogen-bond acceptors (Lipinski definition) is 1. The minimum Gasteiger partial charge on any atom is -0.372 e. The minimum absolute atomic E-state index is 0.548. The smallest absolute Gasteiger partial charge is 0.0780 e. The standard InChI is InChI=1S/C10H10Br2O/c1-8(11)6-13-7-9-3-2-4-10(12)5-9/h2-5H,1,6-7H2. The summed E-state index contributed by atoms with van der Waals surface area (Å²) in [5.41, 5.74) is 1.16. The van der Waals surface area contributed by atoms with E-state index < -0.39 is 0 Å². The number of benzene rings is 1. The first kappa shape index (κ1) is 11.0. The molecule has 0 bridgehead atoms. The number of rotatable bonds is 4. The Morgan fingerprint density at radius 3 is 2.85 bits per heavy atom. The van der Waals surface area contributed by atoms with Crippen LogP contribution in [0.1, 0.15) is 5.56 Å². The van der Waals surface area contributed by atoms with Crippen molar-refractivity contribution in [2.45, 2.75) is 6.61 Å². The summed E-state index contributed by atoms with van der Waals surface area (Å²) in [5, 5.41) is 0. The molecule has 0 heterocycles. The van der Waals surface area contributed by atoms with Gasteiger partial charge in [-0.15, -0.1) is 0 Å². The van der Waals surface area contributed by atoms with Crippen LogP contribution < -0.4 is 0 Å². The van der Waals surface area contributed by atoms with Gasteiger partial charge < -0.3 is 4.74 Å². The van der Waals surface area contributed by atoms with Gasteiger partial charge in [0.1, 0.15) is 0 Å². The van der Waals surface area contributed by atoms with E-state index in [2.05, 4.69) is 38.4 Å². The second-order valence-corrected chi connectivity index (χ2v) is 4.68. The molecule has 0 aliphatic heterocycles. The van der Waals surface area contributed by atoms with Gasteiger partial charge in [0.25, 0.3) is 0 Å². The molecule has 0 saturated heterocycles. The monoisotopic (exact) mass is 304 g/mol. The predicted octanol–water partition coefficient (Wildman–Crippen LogP) is 3.87. The molecule has 0 aliphatic carbocycles. The topological polar surface area (TPSA) is 9.23 Å². The Kier molecular flexibility index (Phi) is 4.70. The summed E-state index contributed by atoms with van der Waals surface area (Å²) in [6, 6.07) is 8.05. The van der Waals surface area contributed by atoms with Crippen LogP contribution in [0.4, 0.5) is 0 Å². The largest absolute Gasteiger partial charge is 0.372 e. The van der Waals surface area contributed by atoms with Crippen LogP contribution in [0.25, 0.3) is 0 Å². The summed E-state index contributed by atoms with van der Waals surface area (Å²) in [5.74, 6) is 0. The van der Waals surface area contributed by atoms with Crippen molar-refractivity contribution in [3.05, 3.63) is 45.4 Å². The highest BCUT2D eigenvalue weighted by Gasteiger charge is 1.94. The average molecular weight is 306 g/mol. The van der Waals surface area contributed by atoms with Crippen molar-refractivity contribution in [3.8, 4) is 0 Å². The lowest BCUT2D eigenvalue weighted by atomic mass is 10.2. The van der Waals surface area contributed by atoms with Crippen molar-refractivity contribution >= 4 is 31.9 Å². The van der Waals surface area contributed by atoms with E-state index in [0.29, 0.717) is 13.2 Å². The van der Waals surface area contributed by atoms with E-state index in [0.717, 1.165) is 14.5 Å². The van der Waals surface area contributed by atoms with E-state index in [9.17, 15) is 0 Å². The molecule has 13 heavy (non-hydrogen) atoms. The third kappa shape index (κ3) is 4.60. The molecule has 0 unspecified atom stereocenters. The summed E-state index contributed by atoms with van der Waals surface area (Å²) in [7, 11) is 0. The van der Waals surface area contributed by atoms with Gasteiger partial charge >= 0.3 is 0 Å². The van der Waals surface area contributed by atoms with Crippen LogP contribution in [-0.4, -0.2) is 6.61 Å². The summed E-state index contributed by atoms with van der Waals surface area (Å²) in [4.78, 5) is 0. The molecule has 0 saturated carbocycles. The quantitative estimate of drug-likeness (QED) is 0.820. The molecular weight excluding hydrogens is 296 g/mol. The third-order valence-electron chi connectivity index (χ3n) is 1.42. The molecule has 1 aromatic carbocycles. The van der Waals surface area contributed by atoms with Crippen LogP contribution in [0, 0.1) is 0 Å². The maximum Gasteiger partial charge on any atom is 0.0780 e. The molecule has 0 spiro atoms. The van der Waals surface area contributed by atoms with E-state index in [-0.39, 0.29) is 0 Å². The lowest BCUT2D eigenvalue weighted by Gasteiger charge is -2.03. The van der Waals surface area contributed by atoms with E-state index in [1.165, 1.54) is 0 Å². The first-order chi connectivity index (χ1) is 6.18. The second kappa shape index (κ2) is 5.58. The van der Waals surface area contributed by atoms with Crippen molar-refractivity contribution in [2.75, 3.05) is 6.61 Å². The summed E-state index contributed by atoms with van der Waals surface area (Å²) in [6.07, 6.45) is 0. The van der Waals surface area contributed by atoms with E-state index >= 15 is 0 Å². The molecule has 0 radical (unpaired) electrons. The summed E-state index contributed by atoms with van der Waals surface area (Å²) in [6.45, 7) is 4.85. The number of halogens is 2. The molecule has 1 aromatic rings. The maximum atomic E-state index is 5.37. The minimum atomic E-state index is 0.548. The van der Waals surface area contributed by atoms with Gasteiger partial charge in [0, 0.05) is 8.96 Å². The SMILES string of the molecule is C=C(Br)COCc1cccc(Br)c1. The van der Waals surface area contributed by atoms with Crippen LogP contribution >= 0.6 is 31.9 Å². The lowest BCUT2D eigenvalue weighted by Crippen LogP contribution is -1.94. The lowest BCUT2D eigenvalue weighted by molar-refractivity contribution is 0.147. The van der Waals surface area contributed by atoms with Crippen molar-refractivity contribution in [1.82, 2.24) is 0 Å². The van der Waals surface area contributed by atoms with E-state index in [1.54, 1.807) is 0 Å². The van der Waals surface area contributed by atoms with Crippen LogP contribution in [0.2, 0.25) is 0 Å². The van der Waals surface area contributed by atoms with Gasteiger partial charge in [-0.3, -0.25) is 0 Å². The number of hydrogen-bond donors (Lipinski definition) is 0. The molecule has 0 aromatic heterocycles. The molecule has 1 nitrogen and oxygen atoms in total. The first-order valence-corrected chi connectivity index (χ1v) is 5.42. The Morgan fingerprint density at radius 2 is 2.23 bits per heavy atom. The molecule has 1 rings (SSSR count). The van der Waals surface area contributed by atoms with Crippen LogP contribution in [0.15, 0.2) is 39.8 Å². The zero-order valence-electron chi connectivity index (χ0n) is 7.09. The summed E-state index contributed by atoms with van der Waals surface area (Å²) < 4.78 is 7.31.